The van der Waals surface area contributed by atoms with Gasteiger partial charge in [0.05, 0.1) is 15.9 Å². The number of ether oxygens (including phenoxy) is 2. The Morgan fingerprint density at radius 2 is 1.82 bits per heavy atom. The lowest BCUT2D eigenvalue weighted by Crippen LogP contribution is -2.41. The highest BCUT2D eigenvalue weighted by atomic mass is 35.5. The molecule has 1 aromatic heterocycles. The minimum Gasteiger partial charge on any atom is -0.486 e. The molecule has 0 saturated carbocycles. The summed E-state index contributed by atoms with van der Waals surface area (Å²) in [6.45, 7) is 1.34. The third kappa shape index (κ3) is 4.14. The van der Waals surface area contributed by atoms with Crippen LogP contribution < -0.4 is 14.8 Å². The number of aryl methyl sites for hydroxylation is 1. The predicted molar refractivity (Wildman–Crippen MR) is 123 cm³/mol. The van der Waals surface area contributed by atoms with Gasteiger partial charge in [0, 0.05) is 37.1 Å². The molecule has 0 spiro atoms. The number of fused-ring (bicyclic) bond motifs is 2. The standard InChI is InChI=1S/C22H23ClN4O5S/c1-26-18-4-2-15(23)12-17(18)24-22(26)25-21(28)14-6-8-27(9-7-14)33(29,30)16-3-5-19-20(13-16)32-11-10-31-19/h2-5,12-14H,6-11H2,1H3,(H,24,25,28). The fourth-order valence-electron chi connectivity index (χ4n) is 4.19. The number of carbonyl (C=O) groups is 1. The van der Waals surface area contributed by atoms with Gasteiger partial charge in [-0.25, -0.2) is 13.4 Å². The van der Waals surface area contributed by atoms with E-state index in [1.54, 1.807) is 22.8 Å². The summed E-state index contributed by atoms with van der Waals surface area (Å²) in [5.74, 6) is 0.930. The molecule has 0 radical (unpaired) electrons. The van der Waals surface area contributed by atoms with E-state index in [0.717, 1.165) is 5.52 Å². The Bertz CT molecular complexity index is 1330. The van der Waals surface area contributed by atoms with Gasteiger partial charge in [0.1, 0.15) is 13.2 Å². The maximum absolute atomic E-state index is 13.1. The summed E-state index contributed by atoms with van der Waals surface area (Å²) in [7, 11) is -1.87. The molecule has 0 atom stereocenters. The highest BCUT2D eigenvalue weighted by Gasteiger charge is 2.33. The topological polar surface area (TPSA) is 103 Å². The summed E-state index contributed by atoms with van der Waals surface area (Å²) in [6.07, 6.45) is 0.844. The number of piperidine rings is 1. The van der Waals surface area contributed by atoms with Crippen molar-refractivity contribution in [2.75, 3.05) is 31.6 Å². The number of rotatable bonds is 4. The van der Waals surface area contributed by atoms with E-state index in [4.69, 9.17) is 21.1 Å². The van der Waals surface area contributed by atoms with Crippen molar-refractivity contribution in [1.29, 1.82) is 0 Å². The van der Waals surface area contributed by atoms with Crippen molar-refractivity contribution in [3.05, 3.63) is 41.4 Å². The summed E-state index contributed by atoms with van der Waals surface area (Å²) < 4.78 is 40.4. The number of nitrogens with zero attached hydrogens (tertiary/aromatic N) is 3. The third-order valence-corrected chi connectivity index (χ3v) is 8.18. The predicted octanol–water partition coefficient (Wildman–Crippen LogP) is 3.04. The molecule has 174 valence electrons. The number of amides is 1. The van der Waals surface area contributed by atoms with Crippen molar-refractivity contribution < 1.29 is 22.7 Å². The fourth-order valence-corrected chi connectivity index (χ4v) is 5.84. The van der Waals surface area contributed by atoms with Crippen LogP contribution >= 0.6 is 11.6 Å². The Labute approximate surface area is 196 Å². The van der Waals surface area contributed by atoms with Gasteiger partial charge >= 0.3 is 0 Å². The zero-order valence-electron chi connectivity index (χ0n) is 18.0. The quantitative estimate of drug-likeness (QED) is 0.603. The van der Waals surface area contributed by atoms with Crippen LogP contribution in [0.4, 0.5) is 5.95 Å². The molecule has 2 aromatic carbocycles. The number of aromatic nitrogens is 2. The number of carbonyl (C=O) groups excluding carboxylic acids is 1. The Morgan fingerprint density at radius 3 is 2.58 bits per heavy atom. The summed E-state index contributed by atoms with van der Waals surface area (Å²) in [6, 6.07) is 10.0. The number of sulfonamides is 1. The summed E-state index contributed by atoms with van der Waals surface area (Å²) in [5, 5.41) is 3.45. The zero-order chi connectivity index (χ0) is 23.2. The highest BCUT2D eigenvalue weighted by Crippen LogP contribution is 2.34. The maximum Gasteiger partial charge on any atom is 0.243 e. The van der Waals surface area contributed by atoms with Crippen LogP contribution in [-0.4, -0.2) is 54.5 Å². The summed E-state index contributed by atoms with van der Waals surface area (Å²) in [4.78, 5) is 17.5. The van der Waals surface area contributed by atoms with Crippen molar-refractivity contribution in [3.8, 4) is 11.5 Å². The van der Waals surface area contributed by atoms with E-state index in [1.165, 1.54) is 16.4 Å². The van der Waals surface area contributed by atoms with Crippen molar-refractivity contribution in [3.63, 3.8) is 0 Å². The molecule has 2 aliphatic rings. The Hall–Kier alpha value is -2.82. The first kappa shape index (κ1) is 22.0. The van der Waals surface area contributed by atoms with Gasteiger partial charge in [-0.05, 0) is 43.2 Å². The molecule has 3 aromatic rings. The molecule has 1 saturated heterocycles. The van der Waals surface area contributed by atoms with Gasteiger partial charge in [-0.3, -0.25) is 10.1 Å². The van der Waals surface area contributed by atoms with Crippen molar-refractivity contribution in [2.24, 2.45) is 13.0 Å². The SMILES string of the molecule is Cn1c(NC(=O)C2CCN(S(=O)(=O)c3ccc4c(c3)OCCO4)CC2)nc2cc(Cl)ccc21. The average Bonchev–Trinajstić information content (AvgIpc) is 3.12. The van der Waals surface area contributed by atoms with E-state index in [0.29, 0.717) is 54.0 Å². The summed E-state index contributed by atoms with van der Waals surface area (Å²) in [5.41, 5.74) is 1.55. The molecule has 0 bridgehead atoms. The van der Waals surface area contributed by atoms with E-state index in [-0.39, 0.29) is 29.8 Å². The molecule has 9 nitrogen and oxygen atoms in total. The van der Waals surface area contributed by atoms with Gasteiger partial charge in [0.2, 0.25) is 21.9 Å². The molecule has 1 fully saturated rings. The van der Waals surface area contributed by atoms with E-state index in [1.807, 2.05) is 13.1 Å². The van der Waals surface area contributed by atoms with Crippen LogP contribution in [0.15, 0.2) is 41.3 Å². The first-order valence-corrected chi connectivity index (χ1v) is 12.5. The Balaban J connectivity index is 1.25. The fraction of sp³-hybridized carbons (Fsp3) is 0.364. The smallest absolute Gasteiger partial charge is 0.243 e. The normalized spacial score (nSPS) is 17.3. The van der Waals surface area contributed by atoms with E-state index in [2.05, 4.69) is 10.3 Å². The maximum atomic E-state index is 13.1. The molecule has 33 heavy (non-hydrogen) atoms. The Kier molecular flexibility index (Phi) is 5.67. The van der Waals surface area contributed by atoms with Gasteiger partial charge in [0.15, 0.2) is 11.5 Å². The van der Waals surface area contributed by atoms with E-state index >= 15 is 0 Å². The monoisotopic (exact) mass is 490 g/mol. The van der Waals surface area contributed by atoms with Gasteiger partial charge in [-0.2, -0.15) is 4.31 Å². The van der Waals surface area contributed by atoms with Crippen molar-refractivity contribution in [2.45, 2.75) is 17.7 Å². The van der Waals surface area contributed by atoms with Crippen molar-refractivity contribution in [1.82, 2.24) is 13.9 Å². The van der Waals surface area contributed by atoms with Gasteiger partial charge in [-0.15, -0.1) is 0 Å². The molecule has 11 heteroatoms. The number of nitrogens with one attached hydrogen (secondary N) is 1. The van der Waals surface area contributed by atoms with Gasteiger partial charge in [0.25, 0.3) is 0 Å². The van der Waals surface area contributed by atoms with Crippen LogP contribution in [0.25, 0.3) is 11.0 Å². The zero-order valence-corrected chi connectivity index (χ0v) is 19.5. The van der Waals surface area contributed by atoms with Crippen molar-refractivity contribution >= 4 is 44.5 Å². The molecule has 1 amide bonds. The van der Waals surface area contributed by atoms with Crippen LogP contribution in [0.5, 0.6) is 11.5 Å². The number of hydrogen-bond acceptors (Lipinski definition) is 6. The molecule has 0 unspecified atom stereocenters. The number of benzene rings is 2. The largest absolute Gasteiger partial charge is 0.486 e. The number of halogens is 1. The molecule has 5 rings (SSSR count). The van der Waals surface area contributed by atoms with Crippen LogP contribution in [0.3, 0.4) is 0 Å². The third-order valence-electron chi connectivity index (χ3n) is 6.05. The van der Waals surface area contributed by atoms with E-state index in [9.17, 15) is 13.2 Å². The lowest BCUT2D eigenvalue weighted by molar-refractivity contribution is -0.121. The lowest BCUT2D eigenvalue weighted by Gasteiger charge is -2.30. The second kappa shape index (κ2) is 8.51. The second-order valence-corrected chi connectivity index (χ2v) is 10.5. The molecule has 3 heterocycles. The van der Waals surface area contributed by atoms with Crippen LogP contribution in [0.2, 0.25) is 5.02 Å². The van der Waals surface area contributed by atoms with Gasteiger partial charge < -0.3 is 14.0 Å². The van der Waals surface area contributed by atoms with Crippen LogP contribution in [0, 0.1) is 5.92 Å². The molecular weight excluding hydrogens is 468 g/mol. The average molecular weight is 491 g/mol. The van der Waals surface area contributed by atoms with Gasteiger partial charge in [-0.1, -0.05) is 11.6 Å². The number of imidazole rings is 1. The molecular formula is C22H23ClN4O5S. The molecule has 0 aliphatic carbocycles. The Morgan fingerprint density at radius 1 is 1.09 bits per heavy atom. The second-order valence-electron chi connectivity index (χ2n) is 8.10. The first-order valence-electron chi connectivity index (χ1n) is 10.7. The van der Waals surface area contributed by atoms with E-state index < -0.39 is 10.0 Å². The minimum absolute atomic E-state index is 0.160. The molecule has 2 aliphatic heterocycles. The van der Waals surface area contributed by atoms with Crippen LogP contribution in [-0.2, 0) is 21.9 Å². The minimum atomic E-state index is -3.69. The molecule has 1 N–H and O–H groups in total. The van der Waals surface area contributed by atoms with Crippen LogP contribution in [0.1, 0.15) is 12.8 Å². The lowest BCUT2D eigenvalue weighted by atomic mass is 9.97. The first-order chi connectivity index (χ1) is 15.8. The summed E-state index contributed by atoms with van der Waals surface area (Å²) >= 11 is 6.03. The number of hydrogen-bond donors (Lipinski definition) is 1. The highest BCUT2D eigenvalue weighted by molar-refractivity contribution is 7.89. The number of anilines is 1.